The lowest BCUT2D eigenvalue weighted by Gasteiger charge is -2.27. The Morgan fingerprint density at radius 1 is 1.25 bits per heavy atom. The summed E-state index contributed by atoms with van der Waals surface area (Å²) in [5.74, 6) is 3.76. The van der Waals surface area contributed by atoms with E-state index in [0.29, 0.717) is 18.4 Å². The van der Waals surface area contributed by atoms with Crippen LogP contribution in [-0.2, 0) is 12.8 Å². The number of para-hydroxylation sites is 1. The number of nitrogens with zero attached hydrogens (tertiary/aromatic N) is 2. The average Bonchev–Trinajstić information content (AvgIpc) is 2.52. The fraction of sp³-hybridized carbons (Fsp3) is 0.500. The predicted molar refractivity (Wildman–Crippen MR) is 92.7 cm³/mol. The van der Waals surface area contributed by atoms with E-state index in [0.717, 1.165) is 35.9 Å². The minimum absolute atomic E-state index is 0.417. The Balaban J connectivity index is 1.51. The van der Waals surface area contributed by atoms with E-state index in [1.165, 1.54) is 30.5 Å². The molecule has 0 saturated heterocycles. The Morgan fingerprint density at radius 2 is 2.12 bits per heavy atom. The number of rotatable bonds is 4. The highest BCUT2D eigenvalue weighted by molar-refractivity contribution is 5.47. The molecule has 2 aliphatic rings. The first-order chi connectivity index (χ1) is 11.7. The van der Waals surface area contributed by atoms with Crippen molar-refractivity contribution >= 4 is 0 Å². The molecule has 24 heavy (non-hydrogen) atoms. The third-order valence-electron chi connectivity index (χ3n) is 5.17. The third-order valence-corrected chi connectivity index (χ3v) is 5.17. The van der Waals surface area contributed by atoms with Gasteiger partial charge in [0.15, 0.2) is 11.5 Å². The van der Waals surface area contributed by atoms with Crippen molar-refractivity contribution in [1.29, 1.82) is 0 Å². The van der Waals surface area contributed by atoms with Crippen LogP contribution in [0.25, 0.3) is 0 Å². The van der Waals surface area contributed by atoms with Crippen LogP contribution in [0.4, 0.5) is 0 Å². The van der Waals surface area contributed by atoms with Gasteiger partial charge in [0.05, 0.1) is 13.7 Å². The van der Waals surface area contributed by atoms with Crippen molar-refractivity contribution in [3.05, 3.63) is 47.0 Å². The largest absolute Gasteiger partial charge is 0.493 e. The van der Waals surface area contributed by atoms with Gasteiger partial charge in [0.2, 0.25) is 0 Å². The van der Waals surface area contributed by atoms with Crippen LogP contribution >= 0.6 is 0 Å². The number of hydrogen-bond acceptors (Lipinski definition) is 4. The second-order valence-corrected chi connectivity index (χ2v) is 7.01. The SMILES string of the molecule is COc1cccc2c1OCC(Cc1nc(C)cc(C3CCC3)n1)C2. The highest BCUT2D eigenvalue weighted by atomic mass is 16.5. The molecule has 2 heterocycles. The summed E-state index contributed by atoms with van der Waals surface area (Å²) in [5, 5.41) is 0. The minimum Gasteiger partial charge on any atom is -0.493 e. The number of aromatic nitrogens is 2. The van der Waals surface area contributed by atoms with Gasteiger partial charge >= 0.3 is 0 Å². The molecule has 0 radical (unpaired) electrons. The van der Waals surface area contributed by atoms with Crippen LogP contribution in [0.15, 0.2) is 24.3 Å². The number of benzene rings is 1. The summed E-state index contributed by atoms with van der Waals surface area (Å²) < 4.78 is 11.4. The normalized spacial score (nSPS) is 20.0. The van der Waals surface area contributed by atoms with Crippen molar-refractivity contribution in [2.75, 3.05) is 13.7 Å². The summed E-state index contributed by atoms with van der Waals surface area (Å²) in [5.41, 5.74) is 3.54. The van der Waals surface area contributed by atoms with Gasteiger partial charge in [0.25, 0.3) is 0 Å². The molecule has 0 spiro atoms. The molecule has 126 valence electrons. The summed E-state index contributed by atoms with van der Waals surface area (Å²) in [6.07, 6.45) is 5.74. The molecule has 1 aliphatic carbocycles. The van der Waals surface area contributed by atoms with Gasteiger partial charge < -0.3 is 9.47 Å². The molecule has 1 aliphatic heterocycles. The molecule has 4 rings (SSSR count). The molecule has 1 saturated carbocycles. The monoisotopic (exact) mass is 324 g/mol. The smallest absolute Gasteiger partial charge is 0.164 e. The van der Waals surface area contributed by atoms with Crippen molar-refractivity contribution in [2.24, 2.45) is 5.92 Å². The summed E-state index contributed by atoms with van der Waals surface area (Å²) in [4.78, 5) is 9.52. The molecule has 1 aromatic carbocycles. The quantitative estimate of drug-likeness (QED) is 0.857. The van der Waals surface area contributed by atoms with Crippen LogP contribution in [0.3, 0.4) is 0 Å². The topological polar surface area (TPSA) is 44.2 Å². The van der Waals surface area contributed by atoms with Crippen LogP contribution in [0, 0.1) is 12.8 Å². The molecule has 1 unspecified atom stereocenters. The van der Waals surface area contributed by atoms with Gasteiger partial charge in [-0.2, -0.15) is 0 Å². The van der Waals surface area contributed by atoms with Gasteiger partial charge in [-0.15, -0.1) is 0 Å². The van der Waals surface area contributed by atoms with E-state index in [-0.39, 0.29) is 0 Å². The maximum Gasteiger partial charge on any atom is 0.164 e. The summed E-state index contributed by atoms with van der Waals surface area (Å²) in [7, 11) is 1.69. The number of ether oxygens (including phenoxy) is 2. The summed E-state index contributed by atoms with van der Waals surface area (Å²) in [6.45, 7) is 2.77. The first-order valence-electron chi connectivity index (χ1n) is 8.86. The zero-order valence-corrected chi connectivity index (χ0v) is 14.4. The van der Waals surface area contributed by atoms with E-state index in [1.54, 1.807) is 7.11 Å². The van der Waals surface area contributed by atoms with E-state index >= 15 is 0 Å². The summed E-state index contributed by atoms with van der Waals surface area (Å²) in [6, 6.07) is 8.26. The van der Waals surface area contributed by atoms with E-state index in [4.69, 9.17) is 14.5 Å². The molecule has 1 fully saturated rings. The fourth-order valence-electron chi connectivity index (χ4n) is 3.67. The van der Waals surface area contributed by atoms with Crippen LogP contribution in [-0.4, -0.2) is 23.7 Å². The van der Waals surface area contributed by atoms with E-state index in [9.17, 15) is 0 Å². The van der Waals surface area contributed by atoms with Crippen molar-refractivity contribution in [3.63, 3.8) is 0 Å². The van der Waals surface area contributed by atoms with Gasteiger partial charge in [-0.1, -0.05) is 18.6 Å². The summed E-state index contributed by atoms with van der Waals surface area (Å²) >= 11 is 0. The lowest BCUT2D eigenvalue weighted by molar-refractivity contribution is 0.209. The molecular formula is C20H24N2O2. The molecule has 0 N–H and O–H groups in total. The Morgan fingerprint density at radius 3 is 2.88 bits per heavy atom. The highest BCUT2D eigenvalue weighted by Gasteiger charge is 2.25. The molecule has 1 atom stereocenters. The Hall–Kier alpha value is -2.10. The second kappa shape index (κ2) is 6.42. The van der Waals surface area contributed by atoms with Crippen molar-refractivity contribution < 1.29 is 9.47 Å². The van der Waals surface area contributed by atoms with Crippen molar-refractivity contribution in [1.82, 2.24) is 9.97 Å². The van der Waals surface area contributed by atoms with Crippen LogP contribution in [0.1, 0.15) is 48.0 Å². The van der Waals surface area contributed by atoms with Crippen molar-refractivity contribution in [2.45, 2.75) is 44.9 Å². The van der Waals surface area contributed by atoms with Gasteiger partial charge in [0, 0.05) is 29.6 Å². The van der Waals surface area contributed by atoms with Crippen LogP contribution in [0.5, 0.6) is 11.5 Å². The average molecular weight is 324 g/mol. The second-order valence-electron chi connectivity index (χ2n) is 7.01. The van der Waals surface area contributed by atoms with E-state index < -0.39 is 0 Å². The maximum atomic E-state index is 5.99. The molecule has 0 amide bonds. The number of fused-ring (bicyclic) bond motifs is 1. The lowest BCUT2D eigenvalue weighted by Crippen LogP contribution is -2.24. The zero-order valence-electron chi connectivity index (χ0n) is 14.4. The van der Waals surface area contributed by atoms with Gasteiger partial charge in [-0.3, -0.25) is 0 Å². The van der Waals surface area contributed by atoms with Gasteiger partial charge in [-0.25, -0.2) is 9.97 Å². The van der Waals surface area contributed by atoms with Crippen molar-refractivity contribution in [3.8, 4) is 11.5 Å². The molecular weight excluding hydrogens is 300 g/mol. The predicted octanol–water partition coefficient (Wildman–Crippen LogP) is 3.85. The molecule has 4 nitrogen and oxygen atoms in total. The Labute approximate surface area is 143 Å². The van der Waals surface area contributed by atoms with Gasteiger partial charge in [0.1, 0.15) is 5.82 Å². The van der Waals surface area contributed by atoms with Gasteiger partial charge in [-0.05, 0) is 43.9 Å². The lowest BCUT2D eigenvalue weighted by atomic mass is 9.82. The zero-order chi connectivity index (χ0) is 16.5. The molecule has 0 bridgehead atoms. The molecule has 4 heteroatoms. The molecule has 2 aromatic rings. The molecule has 1 aromatic heterocycles. The van der Waals surface area contributed by atoms with E-state index in [1.807, 2.05) is 12.1 Å². The third kappa shape index (κ3) is 2.97. The highest BCUT2D eigenvalue weighted by Crippen LogP contribution is 2.37. The number of aryl methyl sites for hydroxylation is 1. The Kier molecular flexibility index (Phi) is 4.13. The first kappa shape index (κ1) is 15.4. The standard InChI is InChI=1S/C20H24N2O2/c1-13-9-17(15-5-3-6-15)22-19(21-13)11-14-10-16-7-4-8-18(23-2)20(16)24-12-14/h4,7-9,14-15H,3,5-6,10-12H2,1-2H3. The minimum atomic E-state index is 0.417. The number of hydrogen-bond donors (Lipinski definition) is 0. The Bertz CT molecular complexity index is 740. The van der Waals surface area contributed by atoms with Crippen LogP contribution < -0.4 is 9.47 Å². The number of methoxy groups -OCH3 is 1. The van der Waals surface area contributed by atoms with Crippen LogP contribution in [0.2, 0.25) is 0 Å². The van der Waals surface area contributed by atoms with E-state index in [2.05, 4.69) is 24.0 Å². The maximum absolute atomic E-state index is 5.99. The first-order valence-corrected chi connectivity index (χ1v) is 8.86. The fourth-order valence-corrected chi connectivity index (χ4v) is 3.67.